The lowest BCUT2D eigenvalue weighted by molar-refractivity contribution is 0.102. The number of hydrogen-bond acceptors (Lipinski definition) is 9. The van der Waals surface area contributed by atoms with Crippen molar-refractivity contribution in [3.8, 4) is 34.4 Å². The number of rotatable bonds is 12. The second kappa shape index (κ2) is 15.7. The smallest absolute Gasteiger partial charge is 0.261 e. The molecule has 6 aromatic rings. The van der Waals surface area contributed by atoms with E-state index in [0.29, 0.717) is 51.8 Å². The molecule has 1 fully saturated rings. The van der Waals surface area contributed by atoms with Crippen molar-refractivity contribution in [3.63, 3.8) is 0 Å². The van der Waals surface area contributed by atoms with Gasteiger partial charge in [0, 0.05) is 54.0 Å². The zero-order valence-electron chi connectivity index (χ0n) is 29.8. The molecule has 12 heteroatoms. The van der Waals surface area contributed by atoms with Crippen LogP contribution in [0.2, 0.25) is 0 Å². The Morgan fingerprint density at radius 3 is 2.45 bits per heavy atom. The number of carbonyl (C=O) groups excluding carboxylic acids is 1. The minimum Gasteiger partial charge on any atom is -0.497 e. The Hall–Kier alpha value is -6.01. The summed E-state index contributed by atoms with van der Waals surface area (Å²) in [6, 6.07) is 19.6. The first-order valence-electron chi connectivity index (χ1n) is 17.6. The van der Waals surface area contributed by atoms with Crippen LogP contribution in [0.5, 0.6) is 28.7 Å². The molecule has 272 valence electrons. The Morgan fingerprint density at radius 1 is 0.887 bits per heavy atom. The molecule has 4 heterocycles. The molecule has 0 saturated carbocycles. The van der Waals surface area contributed by atoms with Crippen molar-refractivity contribution in [2.24, 2.45) is 5.92 Å². The fourth-order valence-corrected chi connectivity index (χ4v) is 6.49. The van der Waals surface area contributed by atoms with Gasteiger partial charge in [-0.2, -0.15) is 0 Å². The number of methoxy groups -OCH3 is 2. The third-order valence-corrected chi connectivity index (χ3v) is 9.51. The first-order chi connectivity index (χ1) is 25.8. The average Bonchev–Trinajstić information content (AvgIpc) is 3.18. The first-order valence-corrected chi connectivity index (χ1v) is 17.6. The van der Waals surface area contributed by atoms with Crippen LogP contribution in [0.1, 0.15) is 36.5 Å². The van der Waals surface area contributed by atoms with Crippen LogP contribution in [-0.4, -0.2) is 65.8 Å². The number of carbonyl (C=O) groups is 1. The summed E-state index contributed by atoms with van der Waals surface area (Å²) in [7, 11) is 3.13. The van der Waals surface area contributed by atoms with Gasteiger partial charge in [0.25, 0.3) is 5.91 Å². The third-order valence-electron chi connectivity index (χ3n) is 9.51. The highest BCUT2D eigenvalue weighted by Gasteiger charge is 2.20. The predicted molar refractivity (Wildman–Crippen MR) is 202 cm³/mol. The number of pyridine rings is 3. The normalized spacial score (nSPS) is 13.6. The van der Waals surface area contributed by atoms with Crippen molar-refractivity contribution in [3.05, 3.63) is 113 Å². The molecule has 0 bridgehead atoms. The second-order valence-corrected chi connectivity index (χ2v) is 13.1. The largest absolute Gasteiger partial charge is 0.497 e. The zero-order valence-corrected chi connectivity index (χ0v) is 29.8. The van der Waals surface area contributed by atoms with Gasteiger partial charge in [-0.15, -0.1) is 0 Å². The Balaban J connectivity index is 1.07. The summed E-state index contributed by atoms with van der Waals surface area (Å²) in [5.41, 5.74) is 1.14. The standard InChI is InChI=1S/C41H40FN5O6/c1-26-14-19-46(20-15-26)18-5-21-52-38-24-34-31(23-37(38)51-3)35(13-17-43-34)53-36-12-7-27(22-33(36)42)45-41(49)32-25-47(28-8-10-29(50-2)11-9-28)40-30(39(32)48)6-4-16-44-40/h4,6-13,16-17,22-26H,5,14-15,18-21H2,1-3H3,(H,45,49). The molecule has 11 nitrogen and oxygen atoms in total. The predicted octanol–water partition coefficient (Wildman–Crippen LogP) is 7.64. The molecule has 0 unspecified atom stereocenters. The molecule has 1 amide bonds. The Morgan fingerprint density at radius 2 is 1.70 bits per heavy atom. The average molecular weight is 718 g/mol. The van der Waals surface area contributed by atoms with Gasteiger partial charge < -0.3 is 33.7 Å². The highest BCUT2D eigenvalue weighted by molar-refractivity contribution is 6.05. The molecule has 53 heavy (non-hydrogen) atoms. The van der Waals surface area contributed by atoms with Crippen LogP contribution >= 0.6 is 0 Å². The third kappa shape index (κ3) is 7.77. The lowest BCUT2D eigenvalue weighted by atomic mass is 9.99. The summed E-state index contributed by atoms with van der Waals surface area (Å²) in [5.74, 6) is 1.39. The van der Waals surface area contributed by atoms with Gasteiger partial charge in [0.2, 0.25) is 5.43 Å². The van der Waals surface area contributed by atoms with E-state index in [4.69, 9.17) is 18.9 Å². The molecule has 1 N–H and O–H groups in total. The number of piperidine rings is 1. The molecule has 0 aliphatic carbocycles. The van der Waals surface area contributed by atoms with Crippen molar-refractivity contribution in [2.75, 3.05) is 45.8 Å². The van der Waals surface area contributed by atoms with Gasteiger partial charge in [-0.25, -0.2) is 9.37 Å². The number of anilines is 1. The lowest BCUT2D eigenvalue weighted by Gasteiger charge is -2.30. The molecule has 3 aromatic carbocycles. The van der Waals surface area contributed by atoms with E-state index < -0.39 is 17.2 Å². The van der Waals surface area contributed by atoms with Crippen LogP contribution in [0.15, 0.2) is 96.2 Å². The van der Waals surface area contributed by atoms with Crippen LogP contribution in [0.25, 0.3) is 27.6 Å². The molecule has 7 rings (SSSR count). The van der Waals surface area contributed by atoms with E-state index in [1.165, 1.54) is 31.2 Å². The van der Waals surface area contributed by atoms with E-state index in [2.05, 4.69) is 27.1 Å². The molecule has 0 radical (unpaired) electrons. The number of amides is 1. The Bertz CT molecular complexity index is 2320. The summed E-state index contributed by atoms with van der Waals surface area (Å²) in [6.07, 6.45) is 7.95. The number of likely N-dealkylation sites (tertiary alicyclic amines) is 1. The second-order valence-electron chi connectivity index (χ2n) is 13.1. The van der Waals surface area contributed by atoms with E-state index in [1.54, 1.807) is 85.8 Å². The number of ether oxygens (including phenoxy) is 4. The van der Waals surface area contributed by atoms with E-state index in [1.807, 2.05) is 0 Å². The molecule has 1 aliphatic heterocycles. The molecule has 0 spiro atoms. The SMILES string of the molecule is COc1ccc(-n2cc(C(=O)Nc3ccc(Oc4ccnc5cc(OCCCN6CCC(C)CC6)c(OC)cc45)c(F)c3)c(=O)c3cccnc32)cc1. The van der Waals surface area contributed by atoms with Gasteiger partial charge in [0.05, 0.1) is 31.7 Å². The summed E-state index contributed by atoms with van der Waals surface area (Å²) >= 11 is 0. The number of nitrogens with zero attached hydrogens (tertiary/aromatic N) is 4. The maximum absolute atomic E-state index is 15.5. The summed E-state index contributed by atoms with van der Waals surface area (Å²) in [4.78, 5) is 38.3. The van der Waals surface area contributed by atoms with Gasteiger partial charge in [-0.3, -0.25) is 14.6 Å². The van der Waals surface area contributed by atoms with Crippen molar-refractivity contribution in [2.45, 2.75) is 26.2 Å². The van der Waals surface area contributed by atoms with Crippen molar-refractivity contribution >= 4 is 33.5 Å². The maximum atomic E-state index is 15.5. The van der Waals surface area contributed by atoms with E-state index in [9.17, 15) is 9.59 Å². The van der Waals surface area contributed by atoms with Gasteiger partial charge in [0.1, 0.15) is 22.7 Å². The summed E-state index contributed by atoms with van der Waals surface area (Å²) < 4.78 is 40.2. The highest BCUT2D eigenvalue weighted by Crippen LogP contribution is 2.38. The van der Waals surface area contributed by atoms with Crippen molar-refractivity contribution < 1.29 is 28.1 Å². The van der Waals surface area contributed by atoms with E-state index >= 15 is 4.39 Å². The zero-order chi connectivity index (χ0) is 36.9. The fraction of sp³-hybridized carbons (Fsp3) is 0.268. The molecule has 1 saturated heterocycles. The number of halogens is 1. The quantitative estimate of drug-likeness (QED) is 0.128. The number of aromatic nitrogens is 3. The Kier molecular flexibility index (Phi) is 10.5. The van der Waals surface area contributed by atoms with Crippen LogP contribution in [0.3, 0.4) is 0 Å². The van der Waals surface area contributed by atoms with Gasteiger partial charge in [0.15, 0.2) is 23.1 Å². The molecule has 0 atom stereocenters. The van der Waals surface area contributed by atoms with Crippen molar-refractivity contribution in [1.29, 1.82) is 0 Å². The highest BCUT2D eigenvalue weighted by atomic mass is 19.1. The monoisotopic (exact) mass is 717 g/mol. The van der Waals surface area contributed by atoms with Crippen molar-refractivity contribution in [1.82, 2.24) is 19.4 Å². The molecular weight excluding hydrogens is 677 g/mol. The van der Waals surface area contributed by atoms with E-state index in [-0.39, 0.29) is 22.4 Å². The van der Waals surface area contributed by atoms with Gasteiger partial charge in [-0.05, 0) is 98.9 Å². The number of hydrogen-bond donors (Lipinski definition) is 1. The van der Waals surface area contributed by atoms with E-state index in [0.717, 1.165) is 38.0 Å². The fourth-order valence-electron chi connectivity index (χ4n) is 6.49. The number of fused-ring (bicyclic) bond motifs is 2. The number of nitrogens with one attached hydrogen (secondary N) is 1. The van der Waals surface area contributed by atoms with Gasteiger partial charge >= 0.3 is 0 Å². The van der Waals surface area contributed by atoms with Crippen LogP contribution in [0, 0.1) is 11.7 Å². The van der Waals surface area contributed by atoms with Crippen LogP contribution < -0.4 is 29.7 Å². The van der Waals surface area contributed by atoms with Crippen LogP contribution in [0.4, 0.5) is 10.1 Å². The van der Waals surface area contributed by atoms with Crippen LogP contribution in [-0.2, 0) is 0 Å². The topological polar surface area (TPSA) is 117 Å². The lowest BCUT2D eigenvalue weighted by Crippen LogP contribution is -2.34. The minimum absolute atomic E-state index is 0.0689. The molecular formula is C41H40FN5O6. The summed E-state index contributed by atoms with van der Waals surface area (Å²) in [6.45, 7) is 6.09. The van der Waals surface area contributed by atoms with Gasteiger partial charge in [-0.1, -0.05) is 6.92 Å². The first kappa shape index (κ1) is 35.4. The molecule has 1 aliphatic rings. The summed E-state index contributed by atoms with van der Waals surface area (Å²) in [5, 5.41) is 3.52. The maximum Gasteiger partial charge on any atom is 0.261 e. The number of benzene rings is 3. The molecule has 3 aromatic heterocycles. The minimum atomic E-state index is -0.721. The Labute approximate surface area is 305 Å².